The smallest absolute Gasteiger partial charge is 0.0646 e. The molecule has 28 heavy (non-hydrogen) atoms. The Morgan fingerprint density at radius 2 is 1.61 bits per heavy atom. The van der Waals surface area contributed by atoms with Gasteiger partial charge in [0.25, 0.3) is 0 Å². The topological polar surface area (TPSA) is 18.8 Å². The molecule has 0 spiro atoms. The molecule has 3 aromatic carbocycles. The van der Waals surface area contributed by atoms with Crippen molar-refractivity contribution < 1.29 is 0 Å². The summed E-state index contributed by atoms with van der Waals surface area (Å²) in [7, 11) is 0. The molecule has 4 rings (SSSR count). The Bertz CT molecular complexity index is 998. The second-order valence-electron chi connectivity index (χ2n) is 7.91. The van der Waals surface area contributed by atoms with Crippen LogP contribution < -0.4 is 0 Å². The average molecular weight is 372 g/mol. The third-order valence-corrected chi connectivity index (χ3v) is 5.70. The normalized spacial score (nSPS) is 16.0. The fourth-order valence-electron chi connectivity index (χ4n) is 3.94. The number of rotatable bonds is 4. The van der Waals surface area contributed by atoms with E-state index >= 15 is 0 Å². The van der Waals surface area contributed by atoms with Gasteiger partial charge in [-0.1, -0.05) is 60.2 Å². The molecule has 1 aliphatic rings. The zero-order chi connectivity index (χ0) is 19.5. The summed E-state index contributed by atoms with van der Waals surface area (Å²) in [5.41, 5.74) is 6.47. The predicted molar refractivity (Wildman–Crippen MR) is 119 cm³/mol. The van der Waals surface area contributed by atoms with Crippen LogP contribution in [0.25, 0.3) is 10.8 Å². The van der Waals surface area contributed by atoms with Gasteiger partial charge in [0.1, 0.15) is 0 Å². The van der Waals surface area contributed by atoms with Crippen LogP contribution in [0, 0.1) is 13.8 Å². The van der Waals surface area contributed by atoms with Crippen molar-refractivity contribution >= 4 is 16.5 Å². The largest absolute Gasteiger partial charge is 0.295 e. The summed E-state index contributed by atoms with van der Waals surface area (Å²) < 4.78 is 0. The molecule has 0 aliphatic carbocycles. The molecule has 144 valence electrons. The van der Waals surface area contributed by atoms with Crippen LogP contribution >= 0.6 is 0 Å². The van der Waals surface area contributed by atoms with Crippen LogP contribution in [-0.2, 0) is 6.54 Å². The summed E-state index contributed by atoms with van der Waals surface area (Å²) in [5.74, 6) is 0. The van der Waals surface area contributed by atoms with Crippen molar-refractivity contribution in [2.75, 3.05) is 26.2 Å². The van der Waals surface area contributed by atoms with E-state index in [1.807, 2.05) is 0 Å². The number of hydrogen-bond acceptors (Lipinski definition) is 3. The molecule has 3 aromatic rings. The Kier molecular flexibility index (Phi) is 5.45. The van der Waals surface area contributed by atoms with Gasteiger partial charge in [-0.05, 0) is 54.3 Å². The number of piperazine rings is 1. The lowest BCUT2D eigenvalue weighted by molar-refractivity contribution is 0.130. The highest BCUT2D eigenvalue weighted by atomic mass is 15.5. The van der Waals surface area contributed by atoms with E-state index in [9.17, 15) is 0 Å². The minimum atomic E-state index is 0.982. The first-order valence-corrected chi connectivity index (χ1v) is 10.2. The molecule has 0 unspecified atom stereocenters. The third-order valence-electron chi connectivity index (χ3n) is 5.70. The zero-order valence-corrected chi connectivity index (χ0v) is 17.2. The van der Waals surface area contributed by atoms with Crippen LogP contribution in [-0.4, -0.2) is 41.8 Å². The second kappa shape index (κ2) is 8.15. The van der Waals surface area contributed by atoms with Gasteiger partial charge in [-0.3, -0.25) is 9.91 Å². The highest BCUT2D eigenvalue weighted by Crippen LogP contribution is 2.18. The van der Waals surface area contributed by atoms with Gasteiger partial charge in [-0.25, -0.2) is 0 Å². The van der Waals surface area contributed by atoms with Crippen molar-refractivity contribution in [3.8, 4) is 0 Å². The lowest BCUT2D eigenvalue weighted by Crippen LogP contribution is -2.43. The Balaban J connectivity index is 1.38. The SMILES string of the molecule is CC(=NN1CCN(Cc2ccc(C)cc2C)CC1)c1ccc2ccccc2c1. The van der Waals surface area contributed by atoms with Crippen molar-refractivity contribution in [1.82, 2.24) is 9.91 Å². The van der Waals surface area contributed by atoms with Gasteiger partial charge < -0.3 is 0 Å². The second-order valence-corrected chi connectivity index (χ2v) is 7.91. The highest BCUT2D eigenvalue weighted by molar-refractivity contribution is 6.01. The van der Waals surface area contributed by atoms with Gasteiger partial charge in [0, 0.05) is 32.7 Å². The van der Waals surface area contributed by atoms with Gasteiger partial charge >= 0.3 is 0 Å². The Labute approximate surface area is 168 Å². The maximum absolute atomic E-state index is 4.91. The fraction of sp³-hybridized carbons (Fsp3) is 0.320. The van der Waals surface area contributed by atoms with E-state index < -0.39 is 0 Å². The van der Waals surface area contributed by atoms with Crippen LogP contribution in [0.1, 0.15) is 29.2 Å². The molecule has 0 bridgehead atoms. The first-order chi connectivity index (χ1) is 13.6. The van der Waals surface area contributed by atoms with Crippen molar-refractivity contribution in [3.05, 3.63) is 82.9 Å². The molecule has 1 heterocycles. The molecule has 0 atom stereocenters. The summed E-state index contributed by atoms with van der Waals surface area (Å²) >= 11 is 0. The lowest BCUT2D eigenvalue weighted by Gasteiger charge is -2.33. The molecule has 0 aromatic heterocycles. The minimum absolute atomic E-state index is 0.982. The molecule has 0 N–H and O–H groups in total. The van der Waals surface area contributed by atoms with Crippen LogP contribution in [0.4, 0.5) is 0 Å². The fourth-order valence-corrected chi connectivity index (χ4v) is 3.94. The number of hydrazone groups is 1. The summed E-state index contributed by atoms with van der Waals surface area (Å²) in [4.78, 5) is 2.54. The molecule has 3 heteroatoms. The maximum atomic E-state index is 4.91. The summed E-state index contributed by atoms with van der Waals surface area (Å²) in [6.45, 7) is 11.6. The molecule has 1 aliphatic heterocycles. The highest BCUT2D eigenvalue weighted by Gasteiger charge is 2.17. The Morgan fingerprint density at radius 3 is 2.36 bits per heavy atom. The van der Waals surface area contributed by atoms with E-state index in [-0.39, 0.29) is 0 Å². The quantitative estimate of drug-likeness (QED) is 0.601. The van der Waals surface area contributed by atoms with Crippen LogP contribution in [0.5, 0.6) is 0 Å². The van der Waals surface area contributed by atoms with Gasteiger partial charge in [0.15, 0.2) is 0 Å². The number of nitrogens with zero attached hydrogens (tertiary/aromatic N) is 3. The molecule has 0 saturated carbocycles. The van der Waals surface area contributed by atoms with Gasteiger partial charge in [0.05, 0.1) is 5.71 Å². The average Bonchev–Trinajstić information content (AvgIpc) is 2.71. The molecular weight excluding hydrogens is 342 g/mol. The van der Waals surface area contributed by atoms with E-state index in [0.29, 0.717) is 0 Å². The monoisotopic (exact) mass is 371 g/mol. The van der Waals surface area contributed by atoms with Gasteiger partial charge in [0.2, 0.25) is 0 Å². The number of benzene rings is 3. The summed E-state index contributed by atoms with van der Waals surface area (Å²) in [5, 5.41) is 9.68. The number of hydrogen-bond donors (Lipinski definition) is 0. The summed E-state index contributed by atoms with van der Waals surface area (Å²) in [6.07, 6.45) is 0. The van der Waals surface area contributed by atoms with E-state index in [0.717, 1.165) is 38.4 Å². The standard InChI is InChI=1S/C25H29N3/c1-19-8-9-25(20(2)16-19)18-27-12-14-28(15-13-27)26-21(3)23-11-10-22-6-4-5-7-24(22)17-23/h4-11,16-17H,12-15,18H2,1-3H3. The Morgan fingerprint density at radius 1 is 0.857 bits per heavy atom. The molecule has 1 saturated heterocycles. The summed E-state index contributed by atoms with van der Waals surface area (Å²) in [6, 6.07) is 21.9. The molecule has 0 amide bonds. The van der Waals surface area contributed by atoms with E-state index in [1.165, 1.54) is 33.0 Å². The Hall–Kier alpha value is -2.65. The van der Waals surface area contributed by atoms with Crippen molar-refractivity contribution in [2.45, 2.75) is 27.3 Å². The van der Waals surface area contributed by atoms with Gasteiger partial charge in [-0.15, -0.1) is 0 Å². The van der Waals surface area contributed by atoms with Crippen LogP contribution in [0.3, 0.4) is 0 Å². The van der Waals surface area contributed by atoms with E-state index in [2.05, 4.69) is 91.3 Å². The minimum Gasteiger partial charge on any atom is -0.295 e. The maximum Gasteiger partial charge on any atom is 0.0646 e. The third kappa shape index (κ3) is 4.26. The van der Waals surface area contributed by atoms with E-state index in [1.54, 1.807) is 0 Å². The van der Waals surface area contributed by atoms with Crippen molar-refractivity contribution in [3.63, 3.8) is 0 Å². The van der Waals surface area contributed by atoms with E-state index in [4.69, 9.17) is 5.10 Å². The van der Waals surface area contributed by atoms with Crippen molar-refractivity contribution in [1.29, 1.82) is 0 Å². The van der Waals surface area contributed by atoms with Gasteiger partial charge in [-0.2, -0.15) is 5.10 Å². The van der Waals surface area contributed by atoms with Crippen LogP contribution in [0.15, 0.2) is 65.8 Å². The number of aryl methyl sites for hydroxylation is 2. The molecule has 3 nitrogen and oxygen atoms in total. The zero-order valence-electron chi connectivity index (χ0n) is 17.2. The molecule has 1 fully saturated rings. The van der Waals surface area contributed by atoms with Crippen LogP contribution in [0.2, 0.25) is 0 Å². The molecule has 0 radical (unpaired) electrons. The van der Waals surface area contributed by atoms with Crippen molar-refractivity contribution in [2.24, 2.45) is 5.10 Å². The molecular formula is C25H29N3. The lowest BCUT2D eigenvalue weighted by atomic mass is 10.0. The predicted octanol–water partition coefficient (Wildman–Crippen LogP) is 5.00. The first-order valence-electron chi connectivity index (χ1n) is 10.2. The number of fused-ring (bicyclic) bond motifs is 1. The first kappa shape index (κ1) is 18.7.